The largest absolute Gasteiger partial charge is 0.404 e. The average molecular weight is 362 g/mol. The lowest BCUT2D eigenvalue weighted by molar-refractivity contribution is 0.0723. The predicted octanol–water partition coefficient (Wildman–Crippen LogP) is 5.56. The van der Waals surface area contributed by atoms with Gasteiger partial charge in [0.15, 0.2) is 0 Å². The summed E-state index contributed by atoms with van der Waals surface area (Å²) < 4.78 is 7.38. The summed E-state index contributed by atoms with van der Waals surface area (Å²) in [4.78, 5) is 12.6. The molecule has 0 saturated heterocycles. The van der Waals surface area contributed by atoms with Gasteiger partial charge in [-0.05, 0) is 48.6 Å². The number of ether oxygens (including phenoxy) is 1. The summed E-state index contributed by atoms with van der Waals surface area (Å²) in [5.41, 5.74) is 3.53. The summed E-state index contributed by atoms with van der Waals surface area (Å²) in [6, 6.07) is 19.2. The summed E-state index contributed by atoms with van der Waals surface area (Å²) in [7, 11) is 0. The van der Waals surface area contributed by atoms with Crippen LogP contribution in [0.3, 0.4) is 0 Å². The minimum atomic E-state index is -0.371. The molecule has 2 aromatic carbocycles. The Labute approximate surface area is 160 Å². The lowest BCUT2D eigenvalue weighted by Gasteiger charge is -2.08. The smallest absolute Gasteiger partial charge is 0.344 e. The molecular formula is C23H26N2O2. The van der Waals surface area contributed by atoms with Gasteiger partial charge in [-0.15, -0.1) is 0 Å². The molecule has 0 spiro atoms. The van der Waals surface area contributed by atoms with E-state index in [-0.39, 0.29) is 11.9 Å². The number of unbranched alkanes of at least 4 members (excludes halogenated alkanes) is 1. The van der Waals surface area contributed by atoms with Crippen LogP contribution in [-0.4, -0.2) is 15.7 Å². The van der Waals surface area contributed by atoms with E-state index in [2.05, 4.69) is 25.9 Å². The van der Waals surface area contributed by atoms with Crippen LogP contribution in [0.4, 0.5) is 0 Å². The molecule has 0 aliphatic carbocycles. The second-order valence-electron chi connectivity index (χ2n) is 7.00. The van der Waals surface area contributed by atoms with E-state index in [9.17, 15) is 4.79 Å². The van der Waals surface area contributed by atoms with Crippen LogP contribution in [-0.2, 0) is 6.42 Å². The number of carbonyl (C=O) groups is 1. The maximum atomic E-state index is 12.6. The molecular weight excluding hydrogens is 336 g/mol. The van der Waals surface area contributed by atoms with Gasteiger partial charge in [0.1, 0.15) is 0 Å². The molecule has 4 heteroatoms. The van der Waals surface area contributed by atoms with E-state index in [1.807, 2.05) is 60.7 Å². The quantitative estimate of drug-likeness (QED) is 0.517. The van der Waals surface area contributed by atoms with Crippen LogP contribution in [0.5, 0.6) is 5.88 Å². The van der Waals surface area contributed by atoms with Crippen LogP contribution in [0.2, 0.25) is 0 Å². The third-order valence-corrected chi connectivity index (χ3v) is 4.49. The first-order valence-corrected chi connectivity index (χ1v) is 9.55. The van der Waals surface area contributed by atoms with E-state index in [1.54, 1.807) is 4.68 Å². The number of para-hydroxylation sites is 1. The Morgan fingerprint density at radius 2 is 1.78 bits per heavy atom. The summed E-state index contributed by atoms with van der Waals surface area (Å²) in [5.74, 6) is 0.305. The zero-order chi connectivity index (χ0) is 19.2. The number of nitrogens with zero attached hydrogens (tertiary/aromatic N) is 2. The minimum absolute atomic E-state index is 0.241. The Balaban J connectivity index is 1.83. The summed E-state index contributed by atoms with van der Waals surface area (Å²) >= 11 is 0. The average Bonchev–Trinajstić information content (AvgIpc) is 3.11. The molecule has 0 unspecified atom stereocenters. The Morgan fingerprint density at radius 3 is 2.41 bits per heavy atom. The van der Waals surface area contributed by atoms with Crippen molar-refractivity contribution >= 4 is 5.97 Å². The maximum absolute atomic E-state index is 12.6. The van der Waals surface area contributed by atoms with Crippen LogP contribution in [0.15, 0.2) is 60.7 Å². The number of carbonyl (C=O) groups excluding carboxylic acids is 1. The molecule has 0 amide bonds. The van der Waals surface area contributed by atoms with E-state index in [0.717, 1.165) is 30.6 Å². The molecule has 3 rings (SSSR count). The number of hydrogen-bond acceptors (Lipinski definition) is 3. The third-order valence-electron chi connectivity index (χ3n) is 4.49. The molecule has 0 aliphatic rings. The third kappa shape index (κ3) is 4.64. The highest BCUT2D eigenvalue weighted by Crippen LogP contribution is 2.24. The second-order valence-corrected chi connectivity index (χ2v) is 7.00. The van der Waals surface area contributed by atoms with Crippen LogP contribution < -0.4 is 4.74 Å². The Morgan fingerprint density at radius 1 is 1.07 bits per heavy atom. The van der Waals surface area contributed by atoms with Gasteiger partial charge in [-0.1, -0.05) is 57.5 Å². The van der Waals surface area contributed by atoms with Gasteiger partial charge in [0.25, 0.3) is 0 Å². The second kappa shape index (κ2) is 8.67. The first kappa shape index (κ1) is 18.9. The van der Waals surface area contributed by atoms with Crippen molar-refractivity contribution in [3.05, 3.63) is 77.5 Å². The zero-order valence-electron chi connectivity index (χ0n) is 16.2. The van der Waals surface area contributed by atoms with Gasteiger partial charge in [-0.2, -0.15) is 5.10 Å². The zero-order valence-corrected chi connectivity index (χ0v) is 16.2. The van der Waals surface area contributed by atoms with E-state index >= 15 is 0 Å². The van der Waals surface area contributed by atoms with Gasteiger partial charge < -0.3 is 4.74 Å². The Bertz CT molecular complexity index is 881. The van der Waals surface area contributed by atoms with Crippen LogP contribution in [0.1, 0.15) is 61.1 Å². The molecule has 0 fully saturated rings. The molecule has 0 radical (unpaired) electrons. The highest BCUT2D eigenvalue weighted by atomic mass is 16.5. The van der Waals surface area contributed by atoms with Crippen molar-refractivity contribution in [2.45, 2.75) is 46.0 Å². The fourth-order valence-corrected chi connectivity index (χ4v) is 2.83. The highest BCUT2D eigenvalue weighted by Gasteiger charge is 2.17. The molecule has 1 aromatic heterocycles. The number of aryl methyl sites for hydroxylation is 1. The van der Waals surface area contributed by atoms with Gasteiger partial charge in [0.2, 0.25) is 5.88 Å². The Hall–Kier alpha value is -2.88. The van der Waals surface area contributed by atoms with Gasteiger partial charge >= 0.3 is 5.97 Å². The highest BCUT2D eigenvalue weighted by molar-refractivity contribution is 5.91. The molecule has 27 heavy (non-hydrogen) atoms. The van der Waals surface area contributed by atoms with Gasteiger partial charge in [-0.3, -0.25) is 0 Å². The molecule has 4 nitrogen and oxygen atoms in total. The van der Waals surface area contributed by atoms with Crippen molar-refractivity contribution in [1.82, 2.24) is 9.78 Å². The van der Waals surface area contributed by atoms with Crippen LogP contribution >= 0.6 is 0 Å². The molecule has 0 bridgehead atoms. The molecule has 3 aromatic rings. The fraction of sp³-hybridized carbons (Fsp3) is 0.304. The van der Waals surface area contributed by atoms with Crippen molar-refractivity contribution in [3.63, 3.8) is 0 Å². The first-order valence-electron chi connectivity index (χ1n) is 9.55. The molecule has 0 saturated carbocycles. The van der Waals surface area contributed by atoms with E-state index in [4.69, 9.17) is 4.74 Å². The van der Waals surface area contributed by atoms with E-state index in [0.29, 0.717) is 11.4 Å². The molecule has 0 N–H and O–H groups in total. The SMILES string of the molecule is CCCCc1ccc(C(=O)Oc2cc(C(C)C)nn2-c2ccccc2)cc1. The van der Waals surface area contributed by atoms with Crippen molar-refractivity contribution in [2.24, 2.45) is 0 Å². The summed E-state index contributed by atoms with van der Waals surface area (Å²) in [5, 5.41) is 4.61. The Kier molecular flexibility index (Phi) is 6.07. The number of hydrogen-bond donors (Lipinski definition) is 0. The molecule has 0 atom stereocenters. The summed E-state index contributed by atoms with van der Waals surface area (Å²) in [6.07, 6.45) is 3.34. The standard InChI is InChI=1S/C23H26N2O2/c1-4-5-9-18-12-14-19(15-13-18)23(26)27-22-16-21(17(2)3)24-25(22)20-10-7-6-8-11-20/h6-8,10-17H,4-5,9H2,1-3H3. The van der Waals surface area contributed by atoms with E-state index < -0.39 is 0 Å². The number of benzene rings is 2. The van der Waals surface area contributed by atoms with Crippen molar-refractivity contribution in [1.29, 1.82) is 0 Å². The van der Waals surface area contributed by atoms with Gasteiger partial charge in [0.05, 0.1) is 16.9 Å². The van der Waals surface area contributed by atoms with Gasteiger partial charge in [0, 0.05) is 6.07 Å². The molecule has 0 aliphatic heterocycles. The van der Waals surface area contributed by atoms with Crippen molar-refractivity contribution in [2.75, 3.05) is 0 Å². The predicted molar refractivity (Wildman–Crippen MR) is 108 cm³/mol. The molecule has 140 valence electrons. The monoisotopic (exact) mass is 362 g/mol. The lowest BCUT2D eigenvalue weighted by Crippen LogP contribution is -2.11. The lowest BCUT2D eigenvalue weighted by atomic mass is 10.1. The summed E-state index contributed by atoms with van der Waals surface area (Å²) in [6.45, 7) is 6.31. The fourth-order valence-electron chi connectivity index (χ4n) is 2.83. The number of rotatable bonds is 7. The van der Waals surface area contributed by atoms with E-state index in [1.165, 1.54) is 5.56 Å². The molecule has 1 heterocycles. The van der Waals surface area contributed by atoms with Crippen molar-refractivity contribution in [3.8, 4) is 11.6 Å². The minimum Gasteiger partial charge on any atom is -0.404 e. The first-order chi connectivity index (χ1) is 13.1. The number of esters is 1. The van der Waals surface area contributed by atoms with Crippen molar-refractivity contribution < 1.29 is 9.53 Å². The van der Waals surface area contributed by atoms with Crippen LogP contribution in [0.25, 0.3) is 5.69 Å². The number of aromatic nitrogens is 2. The maximum Gasteiger partial charge on any atom is 0.344 e. The van der Waals surface area contributed by atoms with Gasteiger partial charge in [-0.25, -0.2) is 9.48 Å². The van der Waals surface area contributed by atoms with Crippen LogP contribution in [0, 0.1) is 0 Å². The normalized spacial score (nSPS) is 11.0. The topological polar surface area (TPSA) is 44.1 Å².